The van der Waals surface area contributed by atoms with E-state index in [2.05, 4.69) is 0 Å². The lowest BCUT2D eigenvalue weighted by atomic mass is 10.1. The largest absolute Gasteiger partial charge is 0.461 e. The van der Waals surface area contributed by atoms with Crippen LogP contribution in [-0.2, 0) is 16.1 Å². The van der Waals surface area contributed by atoms with Gasteiger partial charge in [-0.3, -0.25) is 4.79 Å². The summed E-state index contributed by atoms with van der Waals surface area (Å²) in [7, 11) is 0. The Morgan fingerprint density at radius 1 is 1.62 bits per heavy atom. The summed E-state index contributed by atoms with van der Waals surface area (Å²) in [5.74, 6) is -0.680. The van der Waals surface area contributed by atoms with Gasteiger partial charge in [-0.1, -0.05) is 23.7 Å². The van der Waals surface area contributed by atoms with Gasteiger partial charge in [-0.25, -0.2) is 0 Å². The highest BCUT2D eigenvalue weighted by molar-refractivity contribution is 6.30. The third-order valence-corrected chi connectivity index (χ3v) is 2.22. The number of carbonyl (C=O) groups is 1. The van der Waals surface area contributed by atoms with Crippen molar-refractivity contribution in [2.45, 2.75) is 20.0 Å². The molecule has 1 aromatic carbocycles. The SMILES string of the molecule is CC(C#N)CC(=O)OCc1cccc(Cl)c1. The Hall–Kier alpha value is -1.53. The molecule has 0 bridgehead atoms. The molecule has 0 radical (unpaired) electrons. The van der Waals surface area contributed by atoms with Crippen LogP contribution in [0.5, 0.6) is 0 Å². The maximum atomic E-state index is 11.3. The van der Waals surface area contributed by atoms with Crippen LogP contribution in [0.3, 0.4) is 0 Å². The zero-order valence-electron chi connectivity index (χ0n) is 8.94. The van der Waals surface area contributed by atoms with Gasteiger partial charge in [0, 0.05) is 5.02 Å². The van der Waals surface area contributed by atoms with E-state index < -0.39 is 0 Å². The van der Waals surface area contributed by atoms with Crippen LogP contribution in [-0.4, -0.2) is 5.97 Å². The molecule has 0 aliphatic heterocycles. The molecular formula is C12H12ClNO2. The zero-order valence-corrected chi connectivity index (χ0v) is 9.70. The molecule has 4 heteroatoms. The number of ether oxygens (including phenoxy) is 1. The molecule has 0 spiro atoms. The average molecular weight is 238 g/mol. The third kappa shape index (κ3) is 4.33. The fourth-order valence-electron chi connectivity index (χ4n) is 1.15. The number of esters is 1. The second-order valence-corrected chi connectivity index (χ2v) is 3.96. The summed E-state index contributed by atoms with van der Waals surface area (Å²) in [5, 5.41) is 9.14. The Bertz CT molecular complexity index is 412. The van der Waals surface area contributed by atoms with Gasteiger partial charge in [0.1, 0.15) is 6.61 Å². The fourth-order valence-corrected chi connectivity index (χ4v) is 1.36. The summed E-state index contributed by atoms with van der Waals surface area (Å²) in [6.45, 7) is 1.87. The highest BCUT2D eigenvalue weighted by Gasteiger charge is 2.09. The first-order chi connectivity index (χ1) is 7.61. The van der Waals surface area contributed by atoms with Crippen LogP contribution in [0.4, 0.5) is 0 Å². The summed E-state index contributed by atoms with van der Waals surface area (Å²) in [4.78, 5) is 11.3. The van der Waals surface area contributed by atoms with E-state index in [0.29, 0.717) is 5.02 Å². The first-order valence-corrected chi connectivity index (χ1v) is 5.29. The molecular weight excluding hydrogens is 226 g/mol. The molecule has 1 rings (SSSR count). The Morgan fingerprint density at radius 3 is 3.00 bits per heavy atom. The van der Waals surface area contributed by atoms with Crippen LogP contribution in [0.1, 0.15) is 18.9 Å². The number of carbonyl (C=O) groups excluding carboxylic acids is 1. The van der Waals surface area contributed by atoms with E-state index in [-0.39, 0.29) is 24.9 Å². The first-order valence-electron chi connectivity index (χ1n) is 4.91. The van der Waals surface area contributed by atoms with Gasteiger partial charge >= 0.3 is 5.97 Å². The molecule has 16 heavy (non-hydrogen) atoms. The standard InChI is InChI=1S/C12H12ClNO2/c1-9(7-14)5-12(15)16-8-10-3-2-4-11(13)6-10/h2-4,6,9H,5,8H2,1H3. The summed E-state index contributed by atoms with van der Waals surface area (Å²) < 4.78 is 5.01. The summed E-state index contributed by atoms with van der Waals surface area (Å²) in [6.07, 6.45) is 0.122. The predicted molar refractivity (Wildman–Crippen MR) is 60.6 cm³/mol. The van der Waals surface area contributed by atoms with E-state index in [9.17, 15) is 4.79 Å². The van der Waals surface area contributed by atoms with Crippen molar-refractivity contribution in [3.8, 4) is 6.07 Å². The molecule has 3 nitrogen and oxygen atoms in total. The van der Waals surface area contributed by atoms with Crippen molar-refractivity contribution < 1.29 is 9.53 Å². The van der Waals surface area contributed by atoms with Gasteiger partial charge in [-0.2, -0.15) is 5.26 Å². The molecule has 0 aliphatic rings. The van der Waals surface area contributed by atoms with Crippen LogP contribution in [0.25, 0.3) is 0 Å². The smallest absolute Gasteiger partial charge is 0.307 e. The Labute approximate surface area is 99.6 Å². The van der Waals surface area contributed by atoms with Crippen molar-refractivity contribution in [2.75, 3.05) is 0 Å². The predicted octanol–water partition coefficient (Wildman–Crippen LogP) is 2.93. The second kappa shape index (κ2) is 6.14. The number of halogens is 1. The van der Waals surface area contributed by atoms with Gasteiger partial charge in [-0.05, 0) is 24.6 Å². The van der Waals surface area contributed by atoms with Crippen LogP contribution in [0.15, 0.2) is 24.3 Å². The minimum absolute atomic E-state index is 0.122. The summed E-state index contributed by atoms with van der Waals surface area (Å²) >= 11 is 5.78. The molecule has 0 aromatic heterocycles. The Kier molecular flexibility index (Phi) is 4.81. The van der Waals surface area contributed by atoms with Crippen LogP contribution >= 0.6 is 11.6 Å². The summed E-state index contributed by atoms with van der Waals surface area (Å²) in [6, 6.07) is 9.10. The number of hydrogen-bond acceptors (Lipinski definition) is 3. The van der Waals surface area contributed by atoms with Gasteiger partial charge in [0.05, 0.1) is 18.4 Å². The third-order valence-electron chi connectivity index (χ3n) is 1.98. The van der Waals surface area contributed by atoms with E-state index in [4.69, 9.17) is 21.6 Å². The van der Waals surface area contributed by atoms with E-state index in [1.165, 1.54) is 0 Å². The Balaban J connectivity index is 2.41. The van der Waals surface area contributed by atoms with Crippen LogP contribution in [0, 0.1) is 17.2 Å². The fraction of sp³-hybridized carbons (Fsp3) is 0.333. The number of benzene rings is 1. The van der Waals surface area contributed by atoms with E-state index in [1.807, 2.05) is 12.1 Å². The van der Waals surface area contributed by atoms with Gasteiger partial charge in [0.25, 0.3) is 0 Å². The van der Waals surface area contributed by atoms with Crippen molar-refractivity contribution in [1.29, 1.82) is 5.26 Å². The van der Waals surface area contributed by atoms with Crippen molar-refractivity contribution in [3.63, 3.8) is 0 Å². The summed E-state index contributed by atoms with van der Waals surface area (Å²) in [5.41, 5.74) is 0.838. The first kappa shape index (κ1) is 12.5. The normalized spacial score (nSPS) is 11.6. The van der Waals surface area contributed by atoms with E-state index in [1.54, 1.807) is 25.1 Å². The second-order valence-electron chi connectivity index (χ2n) is 3.52. The van der Waals surface area contributed by atoms with Crippen LogP contribution < -0.4 is 0 Å². The molecule has 1 atom stereocenters. The van der Waals surface area contributed by atoms with E-state index in [0.717, 1.165) is 5.56 Å². The van der Waals surface area contributed by atoms with Gasteiger partial charge < -0.3 is 4.74 Å². The van der Waals surface area contributed by atoms with Gasteiger partial charge in [0.15, 0.2) is 0 Å². The number of nitriles is 1. The Morgan fingerprint density at radius 2 is 2.38 bits per heavy atom. The topological polar surface area (TPSA) is 50.1 Å². The highest BCUT2D eigenvalue weighted by atomic mass is 35.5. The molecule has 0 fully saturated rings. The molecule has 0 saturated carbocycles. The zero-order chi connectivity index (χ0) is 12.0. The lowest BCUT2D eigenvalue weighted by Gasteiger charge is -2.05. The van der Waals surface area contributed by atoms with Gasteiger partial charge in [0.2, 0.25) is 0 Å². The number of rotatable bonds is 4. The monoisotopic (exact) mass is 237 g/mol. The van der Waals surface area contributed by atoms with Crippen molar-refractivity contribution in [1.82, 2.24) is 0 Å². The molecule has 1 unspecified atom stereocenters. The molecule has 0 heterocycles. The molecule has 0 aliphatic carbocycles. The average Bonchev–Trinajstić information content (AvgIpc) is 2.26. The van der Waals surface area contributed by atoms with Crippen molar-refractivity contribution >= 4 is 17.6 Å². The van der Waals surface area contributed by atoms with E-state index >= 15 is 0 Å². The quantitative estimate of drug-likeness (QED) is 0.757. The molecule has 0 saturated heterocycles. The maximum absolute atomic E-state index is 11.3. The van der Waals surface area contributed by atoms with Crippen LogP contribution in [0.2, 0.25) is 5.02 Å². The number of nitrogens with zero attached hydrogens (tertiary/aromatic N) is 1. The number of hydrogen-bond donors (Lipinski definition) is 0. The minimum atomic E-state index is -0.367. The lowest BCUT2D eigenvalue weighted by molar-refractivity contribution is -0.145. The molecule has 0 amide bonds. The highest BCUT2D eigenvalue weighted by Crippen LogP contribution is 2.12. The molecule has 1 aromatic rings. The van der Waals surface area contributed by atoms with Crippen molar-refractivity contribution in [3.05, 3.63) is 34.9 Å². The van der Waals surface area contributed by atoms with Gasteiger partial charge in [-0.15, -0.1) is 0 Å². The molecule has 84 valence electrons. The van der Waals surface area contributed by atoms with Crippen molar-refractivity contribution in [2.24, 2.45) is 5.92 Å². The maximum Gasteiger partial charge on any atom is 0.307 e. The lowest BCUT2D eigenvalue weighted by Crippen LogP contribution is -2.08. The minimum Gasteiger partial charge on any atom is -0.461 e. The molecule has 0 N–H and O–H groups in total.